The summed E-state index contributed by atoms with van der Waals surface area (Å²) in [5.74, 6) is -0.753. The third-order valence-electron chi connectivity index (χ3n) is 4.47. The minimum atomic E-state index is -0.832. The van der Waals surface area contributed by atoms with Gasteiger partial charge < -0.3 is 14.9 Å². The van der Waals surface area contributed by atoms with Gasteiger partial charge in [-0.25, -0.2) is 0 Å². The third-order valence-corrected chi connectivity index (χ3v) is 4.47. The number of aliphatic hydroxyl groups is 1. The Labute approximate surface area is 124 Å². The quantitative estimate of drug-likeness (QED) is 0.839. The van der Waals surface area contributed by atoms with Crippen LogP contribution in [0.3, 0.4) is 0 Å². The van der Waals surface area contributed by atoms with Gasteiger partial charge >= 0.3 is 5.97 Å². The van der Waals surface area contributed by atoms with Crippen LogP contribution in [-0.4, -0.2) is 22.3 Å². The lowest BCUT2D eigenvalue weighted by molar-refractivity contribution is -0.145. The average molecular weight is 288 g/mol. The van der Waals surface area contributed by atoms with E-state index in [1.807, 2.05) is 37.3 Å². The van der Waals surface area contributed by atoms with Crippen LogP contribution in [0.15, 0.2) is 30.4 Å². The second kappa shape index (κ2) is 5.53. The zero-order chi connectivity index (χ0) is 15.0. The maximum absolute atomic E-state index is 11.4. The summed E-state index contributed by atoms with van der Waals surface area (Å²) in [5.41, 5.74) is 1.88. The van der Waals surface area contributed by atoms with Crippen LogP contribution in [0.25, 0.3) is 0 Å². The van der Waals surface area contributed by atoms with Gasteiger partial charge in [0.25, 0.3) is 0 Å². The summed E-state index contributed by atoms with van der Waals surface area (Å²) in [4.78, 5) is 11.4. The van der Waals surface area contributed by atoms with Crippen molar-refractivity contribution in [1.82, 2.24) is 0 Å². The summed E-state index contributed by atoms with van der Waals surface area (Å²) in [6.07, 6.45) is 5.19. The van der Waals surface area contributed by atoms with E-state index in [4.69, 9.17) is 4.74 Å². The zero-order valence-electron chi connectivity index (χ0n) is 12.0. The monoisotopic (exact) mass is 288 g/mol. The lowest BCUT2D eigenvalue weighted by atomic mass is 9.77. The lowest BCUT2D eigenvalue weighted by Gasteiger charge is -2.29. The van der Waals surface area contributed by atoms with Crippen LogP contribution in [0.2, 0.25) is 0 Å². The molecule has 0 saturated heterocycles. The Morgan fingerprint density at radius 2 is 2.10 bits per heavy atom. The molecule has 0 fully saturated rings. The largest absolute Gasteiger partial charge is 0.490 e. The Morgan fingerprint density at radius 3 is 2.86 bits per heavy atom. The number of aliphatic hydroxyl groups excluding tert-OH is 1. The fourth-order valence-corrected chi connectivity index (χ4v) is 3.34. The molecule has 0 spiro atoms. The van der Waals surface area contributed by atoms with Crippen LogP contribution in [-0.2, 0) is 11.2 Å². The van der Waals surface area contributed by atoms with Gasteiger partial charge in [0, 0.05) is 12.3 Å². The molecule has 1 aromatic carbocycles. The SMILES string of the molecule is CC1Cc2cc(C(O)C3CC=CCC3C(=O)O)ccc2O1. The summed E-state index contributed by atoms with van der Waals surface area (Å²) >= 11 is 0. The maximum Gasteiger partial charge on any atom is 0.307 e. The van der Waals surface area contributed by atoms with Gasteiger partial charge in [-0.05, 0) is 43.0 Å². The van der Waals surface area contributed by atoms with Gasteiger partial charge in [0.2, 0.25) is 0 Å². The van der Waals surface area contributed by atoms with Crippen molar-refractivity contribution >= 4 is 5.97 Å². The third kappa shape index (κ3) is 2.68. The molecule has 3 rings (SSSR count). The predicted octanol–water partition coefficient (Wildman–Crippen LogP) is 2.71. The van der Waals surface area contributed by atoms with Crippen LogP contribution in [0.4, 0.5) is 0 Å². The molecule has 0 bridgehead atoms. The number of hydrogen-bond donors (Lipinski definition) is 2. The van der Waals surface area contributed by atoms with Crippen molar-refractivity contribution in [2.75, 3.05) is 0 Å². The van der Waals surface area contributed by atoms with E-state index in [-0.39, 0.29) is 12.0 Å². The van der Waals surface area contributed by atoms with Gasteiger partial charge in [0.15, 0.2) is 0 Å². The molecule has 1 aliphatic carbocycles. The van der Waals surface area contributed by atoms with E-state index in [2.05, 4.69) is 0 Å². The van der Waals surface area contributed by atoms with Crippen molar-refractivity contribution in [2.24, 2.45) is 11.8 Å². The van der Waals surface area contributed by atoms with E-state index >= 15 is 0 Å². The molecule has 0 saturated carbocycles. The van der Waals surface area contributed by atoms with E-state index < -0.39 is 18.0 Å². The minimum absolute atomic E-state index is 0.164. The van der Waals surface area contributed by atoms with Crippen molar-refractivity contribution < 1.29 is 19.7 Å². The second-order valence-corrected chi connectivity index (χ2v) is 6.00. The predicted molar refractivity (Wildman–Crippen MR) is 78.2 cm³/mol. The highest BCUT2D eigenvalue weighted by Gasteiger charge is 2.35. The Hall–Kier alpha value is -1.81. The van der Waals surface area contributed by atoms with Crippen molar-refractivity contribution in [3.05, 3.63) is 41.5 Å². The average Bonchev–Trinajstić information content (AvgIpc) is 2.85. The molecule has 2 aliphatic rings. The van der Waals surface area contributed by atoms with Gasteiger partial charge in [-0.15, -0.1) is 0 Å². The minimum Gasteiger partial charge on any atom is -0.490 e. The molecule has 1 aromatic rings. The maximum atomic E-state index is 11.4. The topological polar surface area (TPSA) is 66.8 Å². The Balaban J connectivity index is 1.85. The molecule has 0 aromatic heterocycles. The molecule has 0 radical (unpaired) electrons. The first-order valence-electron chi connectivity index (χ1n) is 7.41. The molecule has 1 aliphatic heterocycles. The Kier molecular flexibility index (Phi) is 3.72. The van der Waals surface area contributed by atoms with Gasteiger partial charge in [0.1, 0.15) is 11.9 Å². The van der Waals surface area contributed by atoms with Crippen LogP contribution in [0.5, 0.6) is 5.75 Å². The molecule has 4 nitrogen and oxygen atoms in total. The number of allylic oxidation sites excluding steroid dienone is 2. The molecular formula is C17H20O4. The lowest BCUT2D eigenvalue weighted by Crippen LogP contribution is -2.29. The first-order valence-corrected chi connectivity index (χ1v) is 7.41. The highest BCUT2D eigenvalue weighted by molar-refractivity contribution is 5.71. The second-order valence-electron chi connectivity index (χ2n) is 6.00. The number of fused-ring (bicyclic) bond motifs is 1. The smallest absolute Gasteiger partial charge is 0.307 e. The molecule has 4 unspecified atom stereocenters. The molecule has 1 heterocycles. The summed E-state index contributed by atoms with van der Waals surface area (Å²) in [5, 5.41) is 20.0. The van der Waals surface area contributed by atoms with E-state index in [1.54, 1.807) is 0 Å². The van der Waals surface area contributed by atoms with Crippen LogP contribution < -0.4 is 4.74 Å². The number of ether oxygens (including phenoxy) is 1. The van der Waals surface area contributed by atoms with Crippen LogP contribution >= 0.6 is 0 Å². The Bertz CT molecular complexity index is 578. The van der Waals surface area contributed by atoms with Gasteiger partial charge in [0.05, 0.1) is 12.0 Å². The molecule has 2 N–H and O–H groups in total. The summed E-state index contributed by atoms with van der Waals surface area (Å²) in [7, 11) is 0. The molecule has 4 heteroatoms. The summed E-state index contributed by atoms with van der Waals surface area (Å²) in [6, 6.07) is 5.69. The fourth-order valence-electron chi connectivity index (χ4n) is 3.34. The number of carboxylic acid groups (broad SMARTS) is 1. The Morgan fingerprint density at radius 1 is 1.33 bits per heavy atom. The normalized spacial score (nSPS) is 28.8. The van der Waals surface area contributed by atoms with Crippen molar-refractivity contribution in [1.29, 1.82) is 0 Å². The highest BCUT2D eigenvalue weighted by atomic mass is 16.5. The van der Waals surface area contributed by atoms with E-state index in [1.165, 1.54) is 0 Å². The van der Waals surface area contributed by atoms with Crippen molar-refractivity contribution in [3.8, 4) is 5.75 Å². The molecule has 112 valence electrons. The molecule has 0 amide bonds. The van der Waals surface area contributed by atoms with Gasteiger partial charge in [-0.2, -0.15) is 0 Å². The van der Waals surface area contributed by atoms with Crippen LogP contribution in [0.1, 0.15) is 37.0 Å². The first-order chi connectivity index (χ1) is 10.1. The highest BCUT2D eigenvalue weighted by Crippen LogP contribution is 2.38. The van der Waals surface area contributed by atoms with Gasteiger partial charge in [-0.1, -0.05) is 18.2 Å². The van der Waals surface area contributed by atoms with Crippen molar-refractivity contribution in [3.63, 3.8) is 0 Å². The number of carboxylic acids is 1. The number of hydrogen-bond acceptors (Lipinski definition) is 3. The van der Waals surface area contributed by atoms with Crippen LogP contribution in [0, 0.1) is 11.8 Å². The van der Waals surface area contributed by atoms with E-state index in [9.17, 15) is 15.0 Å². The first kappa shape index (κ1) is 14.1. The molecule has 21 heavy (non-hydrogen) atoms. The number of rotatable bonds is 3. The summed E-state index contributed by atoms with van der Waals surface area (Å²) in [6.45, 7) is 2.02. The van der Waals surface area contributed by atoms with Gasteiger partial charge in [-0.3, -0.25) is 4.79 Å². The van der Waals surface area contributed by atoms with E-state index in [0.29, 0.717) is 12.8 Å². The number of carbonyl (C=O) groups is 1. The fraction of sp³-hybridized carbons (Fsp3) is 0.471. The molecular weight excluding hydrogens is 268 g/mol. The molecule has 4 atom stereocenters. The zero-order valence-corrected chi connectivity index (χ0v) is 12.0. The number of benzene rings is 1. The van der Waals surface area contributed by atoms with E-state index in [0.717, 1.165) is 23.3 Å². The number of aliphatic carboxylic acids is 1. The van der Waals surface area contributed by atoms with Crippen molar-refractivity contribution in [2.45, 2.75) is 38.4 Å². The summed E-state index contributed by atoms with van der Waals surface area (Å²) < 4.78 is 5.66. The standard InChI is InChI=1S/C17H20O4/c1-10-8-12-9-11(6-7-15(12)21-10)16(18)13-4-2-3-5-14(13)17(19)20/h2-3,6-7,9-10,13-14,16,18H,4-5,8H2,1H3,(H,19,20).